The quantitative estimate of drug-likeness (QED) is 0.236. The van der Waals surface area contributed by atoms with Crippen LogP contribution in [0.2, 0.25) is 0 Å². The molecule has 0 spiro atoms. The first-order valence-electron chi connectivity index (χ1n) is 10.5. The third kappa shape index (κ3) is 17.8. The van der Waals surface area contributed by atoms with Crippen LogP contribution in [-0.2, 0) is 9.53 Å². The Bertz CT molecular complexity index is 258. The Balaban J connectivity index is 3.17. The van der Waals surface area contributed by atoms with Crippen LogP contribution in [0.3, 0.4) is 0 Å². The summed E-state index contributed by atoms with van der Waals surface area (Å²) in [5.74, 6) is 0.577. The predicted molar refractivity (Wildman–Crippen MR) is 104 cm³/mol. The molecule has 144 valence electrons. The summed E-state index contributed by atoms with van der Waals surface area (Å²) in [5, 5.41) is 2.80. The summed E-state index contributed by atoms with van der Waals surface area (Å²) < 4.78 is 5.78. The van der Waals surface area contributed by atoms with Crippen LogP contribution >= 0.6 is 0 Å². The molecule has 3 heteroatoms. The van der Waals surface area contributed by atoms with Crippen LogP contribution in [0.15, 0.2) is 0 Å². The van der Waals surface area contributed by atoms with E-state index in [1.165, 1.54) is 70.6 Å². The molecular weight excluding hydrogens is 298 g/mol. The second-order valence-electron chi connectivity index (χ2n) is 7.48. The van der Waals surface area contributed by atoms with Gasteiger partial charge in [0.1, 0.15) is 0 Å². The molecule has 1 N–H and O–H groups in total. The maximum Gasteiger partial charge on any atom is 0.207 e. The van der Waals surface area contributed by atoms with Crippen molar-refractivity contribution in [2.45, 2.75) is 110 Å². The fourth-order valence-corrected chi connectivity index (χ4v) is 2.97. The van der Waals surface area contributed by atoms with Crippen molar-refractivity contribution >= 4 is 6.41 Å². The first-order chi connectivity index (χ1) is 11.7. The summed E-state index contributed by atoms with van der Waals surface area (Å²) in [7, 11) is 0. The molecule has 0 aromatic rings. The van der Waals surface area contributed by atoms with Gasteiger partial charge in [-0.2, -0.15) is 0 Å². The van der Waals surface area contributed by atoms with Gasteiger partial charge in [-0.15, -0.1) is 0 Å². The number of rotatable bonds is 19. The van der Waals surface area contributed by atoms with Gasteiger partial charge in [0.25, 0.3) is 0 Å². The number of hydrogen-bond acceptors (Lipinski definition) is 2. The molecule has 2 atom stereocenters. The van der Waals surface area contributed by atoms with Crippen LogP contribution in [0.4, 0.5) is 0 Å². The molecule has 0 bridgehead atoms. The van der Waals surface area contributed by atoms with Gasteiger partial charge in [-0.1, -0.05) is 78.1 Å². The topological polar surface area (TPSA) is 38.3 Å². The number of carbonyl (C=O) groups excluding carboxylic acids is 1. The average molecular weight is 342 g/mol. The number of amides is 1. The van der Waals surface area contributed by atoms with E-state index in [1.807, 2.05) is 6.92 Å². The minimum absolute atomic E-state index is 0.275. The van der Waals surface area contributed by atoms with Gasteiger partial charge in [-0.05, 0) is 32.1 Å². The van der Waals surface area contributed by atoms with E-state index in [1.54, 1.807) is 0 Å². The highest BCUT2D eigenvalue weighted by Gasteiger charge is 2.06. The molecular formula is C21H43NO2. The van der Waals surface area contributed by atoms with Gasteiger partial charge in [0, 0.05) is 19.3 Å². The largest absolute Gasteiger partial charge is 0.381 e. The average Bonchev–Trinajstić information content (AvgIpc) is 2.57. The van der Waals surface area contributed by atoms with Crippen LogP contribution in [0.5, 0.6) is 0 Å². The zero-order chi connectivity index (χ0) is 17.9. The molecule has 0 radical (unpaired) electrons. The van der Waals surface area contributed by atoms with Crippen molar-refractivity contribution in [3.63, 3.8) is 0 Å². The Morgan fingerprint density at radius 2 is 1.38 bits per heavy atom. The van der Waals surface area contributed by atoms with E-state index < -0.39 is 0 Å². The van der Waals surface area contributed by atoms with E-state index in [0.29, 0.717) is 5.92 Å². The Morgan fingerprint density at radius 1 is 0.833 bits per heavy atom. The van der Waals surface area contributed by atoms with Gasteiger partial charge in [0.15, 0.2) is 0 Å². The summed E-state index contributed by atoms with van der Waals surface area (Å²) in [5.41, 5.74) is 0. The number of carbonyl (C=O) groups is 1. The fraction of sp³-hybridized carbons (Fsp3) is 0.952. The Hall–Kier alpha value is -0.570. The second kappa shape index (κ2) is 18.8. The van der Waals surface area contributed by atoms with Crippen LogP contribution in [0.1, 0.15) is 104 Å². The maximum absolute atomic E-state index is 10.3. The molecule has 0 fully saturated rings. The normalized spacial score (nSPS) is 13.6. The molecule has 2 unspecified atom stereocenters. The van der Waals surface area contributed by atoms with E-state index in [0.717, 1.165) is 32.5 Å². The summed E-state index contributed by atoms with van der Waals surface area (Å²) in [4.78, 5) is 10.3. The monoisotopic (exact) mass is 341 g/mol. The maximum atomic E-state index is 10.3. The van der Waals surface area contributed by atoms with Crippen molar-refractivity contribution in [2.24, 2.45) is 5.92 Å². The SMILES string of the molecule is CCCCCCCCCCCCCOCC(C)CCC(C)NC=O. The smallest absolute Gasteiger partial charge is 0.207 e. The Morgan fingerprint density at radius 3 is 1.92 bits per heavy atom. The van der Waals surface area contributed by atoms with Crippen molar-refractivity contribution in [2.75, 3.05) is 13.2 Å². The molecule has 0 heterocycles. The zero-order valence-electron chi connectivity index (χ0n) is 16.7. The number of nitrogens with one attached hydrogen (secondary N) is 1. The van der Waals surface area contributed by atoms with Gasteiger partial charge >= 0.3 is 0 Å². The van der Waals surface area contributed by atoms with Crippen molar-refractivity contribution in [1.29, 1.82) is 0 Å². The molecule has 0 saturated carbocycles. The first-order valence-corrected chi connectivity index (χ1v) is 10.5. The van der Waals surface area contributed by atoms with Gasteiger partial charge in [0.2, 0.25) is 6.41 Å². The van der Waals surface area contributed by atoms with Gasteiger partial charge in [-0.25, -0.2) is 0 Å². The second-order valence-corrected chi connectivity index (χ2v) is 7.48. The van der Waals surface area contributed by atoms with Crippen LogP contribution in [-0.4, -0.2) is 25.7 Å². The molecule has 1 amide bonds. The predicted octanol–water partition coefficient (Wildman–Crippen LogP) is 5.86. The number of ether oxygens (including phenoxy) is 1. The van der Waals surface area contributed by atoms with Gasteiger partial charge in [-0.3, -0.25) is 4.79 Å². The highest BCUT2D eigenvalue weighted by atomic mass is 16.5. The summed E-state index contributed by atoms with van der Waals surface area (Å²) in [6.45, 7) is 8.31. The van der Waals surface area contributed by atoms with Crippen molar-refractivity contribution in [3.8, 4) is 0 Å². The third-order valence-corrected chi connectivity index (χ3v) is 4.74. The minimum atomic E-state index is 0.275. The molecule has 0 rings (SSSR count). The van der Waals surface area contributed by atoms with Crippen molar-refractivity contribution in [3.05, 3.63) is 0 Å². The minimum Gasteiger partial charge on any atom is -0.381 e. The summed E-state index contributed by atoms with van der Waals surface area (Å²) >= 11 is 0. The van der Waals surface area contributed by atoms with E-state index in [2.05, 4.69) is 19.2 Å². The van der Waals surface area contributed by atoms with Crippen LogP contribution in [0, 0.1) is 5.92 Å². The molecule has 0 aliphatic heterocycles. The third-order valence-electron chi connectivity index (χ3n) is 4.74. The lowest BCUT2D eigenvalue weighted by molar-refractivity contribution is -0.110. The standard InChI is InChI=1S/C21H43NO2/c1-4-5-6-7-8-9-10-11-12-13-14-17-24-18-20(2)15-16-21(3)22-19-23/h19-21H,4-18H2,1-3H3,(H,22,23). The summed E-state index contributed by atoms with van der Waals surface area (Å²) in [6, 6.07) is 0.275. The first kappa shape index (κ1) is 23.4. The van der Waals surface area contributed by atoms with Gasteiger partial charge < -0.3 is 10.1 Å². The fourth-order valence-electron chi connectivity index (χ4n) is 2.97. The molecule has 0 aromatic heterocycles. The molecule has 0 aliphatic rings. The Kier molecular flexibility index (Phi) is 18.3. The van der Waals surface area contributed by atoms with Crippen LogP contribution < -0.4 is 5.32 Å². The van der Waals surface area contributed by atoms with E-state index in [4.69, 9.17) is 4.74 Å². The van der Waals surface area contributed by atoms with E-state index in [-0.39, 0.29) is 6.04 Å². The molecule has 0 saturated heterocycles. The summed E-state index contributed by atoms with van der Waals surface area (Å²) in [6.07, 6.45) is 18.1. The molecule has 0 aliphatic carbocycles. The lowest BCUT2D eigenvalue weighted by atomic mass is 10.0. The van der Waals surface area contributed by atoms with E-state index in [9.17, 15) is 4.79 Å². The van der Waals surface area contributed by atoms with Crippen molar-refractivity contribution in [1.82, 2.24) is 5.32 Å². The number of unbranched alkanes of at least 4 members (excludes halogenated alkanes) is 10. The highest BCUT2D eigenvalue weighted by molar-refractivity contribution is 5.46. The van der Waals surface area contributed by atoms with E-state index >= 15 is 0 Å². The lowest BCUT2D eigenvalue weighted by Gasteiger charge is -2.15. The zero-order valence-corrected chi connectivity index (χ0v) is 16.7. The molecule has 0 aromatic carbocycles. The van der Waals surface area contributed by atoms with Crippen LogP contribution in [0.25, 0.3) is 0 Å². The number of hydrogen-bond donors (Lipinski definition) is 1. The van der Waals surface area contributed by atoms with Crippen molar-refractivity contribution < 1.29 is 9.53 Å². The molecule has 24 heavy (non-hydrogen) atoms. The lowest BCUT2D eigenvalue weighted by Crippen LogP contribution is -2.25. The van der Waals surface area contributed by atoms with Gasteiger partial charge in [0.05, 0.1) is 0 Å². The Labute approximate surface area is 151 Å². The molecule has 3 nitrogen and oxygen atoms in total. The highest BCUT2D eigenvalue weighted by Crippen LogP contribution is 2.12.